The highest BCUT2D eigenvalue weighted by molar-refractivity contribution is 5.95. The standard InChI is InChI=1S/C24H29N3O5/c1-2-3-4-5-14-31-19-9-6-17(7-10-19)24(30)27-26-23(29)16-32-20-11-12-21-18(15-20)8-13-22(28)25-21/h6-7,9-12,15H,2-5,8,13-14,16H2,1H3,(H,25,28)(H,26,29)(H,27,30). The molecule has 2 aromatic rings. The predicted octanol–water partition coefficient (Wildman–Crippen LogP) is 3.37. The average molecular weight is 440 g/mol. The van der Waals surface area contributed by atoms with E-state index in [1.54, 1.807) is 42.5 Å². The Morgan fingerprint density at radius 1 is 0.938 bits per heavy atom. The maximum atomic E-state index is 12.2. The van der Waals surface area contributed by atoms with Gasteiger partial charge in [-0.2, -0.15) is 0 Å². The third-order valence-corrected chi connectivity index (χ3v) is 5.04. The van der Waals surface area contributed by atoms with Crippen molar-refractivity contribution in [3.05, 3.63) is 53.6 Å². The first-order valence-electron chi connectivity index (χ1n) is 10.9. The van der Waals surface area contributed by atoms with Crippen LogP contribution in [-0.2, 0) is 16.0 Å². The van der Waals surface area contributed by atoms with Gasteiger partial charge in [0.2, 0.25) is 5.91 Å². The number of hydrogen-bond acceptors (Lipinski definition) is 5. The molecule has 32 heavy (non-hydrogen) atoms. The molecule has 8 nitrogen and oxygen atoms in total. The lowest BCUT2D eigenvalue weighted by atomic mass is 10.0. The quantitative estimate of drug-likeness (QED) is 0.389. The van der Waals surface area contributed by atoms with E-state index in [0.717, 1.165) is 24.1 Å². The van der Waals surface area contributed by atoms with E-state index in [9.17, 15) is 14.4 Å². The zero-order valence-electron chi connectivity index (χ0n) is 18.2. The third kappa shape index (κ3) is 7.01. The molecular formula is C24H29N3O5. The van der Waals surface area contributed by atoms with Crippen molar-refractivity contribution in [1.29, 1.82) is 0 Å². The van der Waals surface area contributed by atoms with Gasteiger partial charge in [0, 0.05) is 17.7 Å². The number of carbonyl (C=O) groups is 3. The molecule has 1 heterocycles. The summed E-state index contributed by atoms with van der Waals surface area (Å²) < 4.78 is 11.1. The normalized spacial score (nSPS) is 12.3. The molecule has 1 aliphatic rings. The molecule has 2 aromatic carbocycles. The van der Waals surface area contributed by atoms with Crippen LogP contribution >= 0.6 is 0 Å². The van der Waals surface area contributed by atoms with Crippen LogP contribution in [0.1, 0.15) is 54.9 Å². The predicted molar refractivity (Wildman–Crippen MR) is 121 cm³/mol. The number of amides is 3. The molecular weight excluding hydrogens is 410 g/mol. The molecule has 8 heteroatoms. The highest BCUT2D eigenvalue weighted by Gasteiger charge is 2.15. The lowest BCUT2D eigenvalue weighted by Crippen LogP contribution is -2.43. The zero-order chi connectivity index (χ0) is 22.8. The molecule has 0 aliphatic carbocycles. The number of carbonyl (C=O) groups excluding carboxylic acids is 3. The van der Waals surface area contributed by atoms with Crippen LogP contribution in [0.25, 0.3) is 0 Å². The van der Waals surface area contributed by atoms with E-state index in [-0.39, 0.29) is 12.5 Å². The minimum Gasteiger partial charge on any atom is -0.494 e. The number of nitrogens with one attached hydrogen (secondary N) is 3. The summed E-state index contributed by atoms with van der Waals surface area (Å²) in [6.45, 7) is 2.56. The van der Waals surface area contributed by atoms with Crippen LogP contribution in [0.4, 0.5) is 5.69 Å². The number of fused-ring (bicyclic) bond motifs is 1. The van der Waals surface area contributed by atoms with Crippen molar-refractivity contribution in [3.63, 3.8) is 0 Å². The highest BCUT2D eigenvalue weighted by Crippen LogP contribution is 2.26. The van der Waals surface area contributed by atoms with Gasteiger partial charge in [-0.05, 0) is 60.9 Å². The van der Waals surface area contributed by atoms with Crippen LogP contribution in [0.3, 0.4) is 0 Å². The Balaban J connectivity index is 1.38. The Kier molecular flexibility index (Phi) is 8.48. The highest BCUT2D eigenvalue weighted by atomic mass is 16.5. The second-order valence-electron chi connectivity index (χ2n) is 7.59. The molecule has 1 aliphatic heterocycles. The van der Waals surface area contributed by atoms with Gasteiger partial charge in [0.15, 0.2) is 6.61 Å². The Morgan fingerprint density at radius 2 is 1.72 bits per heavy atom. The number of hydrazine groups is 1. The molecule has 0 saturated carbocycles. The summed E-state index contributed by atoms with van der Waals surface area (Å²) in [6, 6.07) is 12.0. The molecule has 0 saturated heterocycles. The average Bonchev–Trinajstić information content (AvgIpc) is 2.81. The van der Waals surface area contributed by atoms with E-state index in [4.69, 9.17) is 9.47 Å². The Bertz CT molecular complexity index is 943. The Labute approximate surface area is 187 Å². The summed E-state index contributed by atoms with van der Waals surface area (Å²) in [5.41, 5.74) is 6.83. The molecule has 170 valence electrons. The Hall–Kier alpha value is -3.55. The molecule has 3 N–H and O–H groups in total. The molecule has 3 amide bonds. The summed E-state index contributed by atoms with van der Waals surface area (Å²) in [4.78, 5) is 35.6. The van der Waals surface area contributed by atoms with Gasteiger partial charge in [-0.3, -0.25) is 25.2 Å². The lowest BCUT2D eigenvalue weighted by molar-refractivity contribution is -0.123. The van der Waals surface area contributed by atoms with E-state index < -0.39 is 11.8 Å². The van der Waals surface area contributed by atoms with Gasteiger partial charge in [0.25, 0.3) is 11.8 Å². The number of rotatable bonds is 10. The number of benzene rings is 2. The van der Waals surface area contributed by atoms with Crippen LogP contribution in [0.5, 0.6) is 11.5 Å². The fourth-order valence-corrected chi connectivity index (χ4v) is 3.25. The summed E-state index contributed by atoms with van der Waals surface area (Å²) >= 11 is 0. The summed E-state index contributed by atoms with van der Waals surface area (Å²) in [5.74, 6) is 0.298. The van der Waals surface area contributed by atoms with Crippen LogP contribution in [-0.4, -0.2) is 30.9 Å². The van der Waals surface area contributed by atoms with Crippen molar-refractivity contribution in [2.75, 3.05) is 18.5 Å². The minimum atomic E-state index is -0.489. The number of aryl methyl sites for hydroxylation is 1. The third-order valence-electron chi connectivity index (χ3n) is 5.04. The van der Waals surface area contributed by atoms with Crippen LogP contribution in [0, 0.1) is 0 Å². The second kappa shape index (κ2) is 11.7. The number of hydrogen-bond donors (Lipinski definition) is 3. The summed E-state index contributed by atoms with van der Waals surface area (Å²) in [6.07, 6.45) is 5.59. The number of unbranched alkanes of at least 4 members (excludes halogenated alkanes) is 3. The molecule has 0 unspecified atom stereocenters. The largest absolute Gasteiger partial charge is 0.494 e. The van der Waals surface area contributed by atoms with Crippen molar-refractivity contribution in [2.45, 2.75) is 45.4 Å². The maximum Gasteiger partial charge on any atom is 0.276 e. The van der Waals surface area contributed by atoms with E-state index in [1.807, 2.05) is 0 Å². The molecule has 0 bridgehead atoms. The molecule has 0 spiro atoms. The van der Waals surface area contributed by atoms with E-state index >= 15 is 0 Å². The van der Waals surface area contributed by atoms with Gasteiger partial charge >= 0.3 is 0 Å². The second-order valence-corrected chi connectivity index (χ2v) is 7.59. The number of anilines is 1. The van der Waals surface area contributed by atoms with E-state index in [1.165, 1.54) is 12.8 Å². The zero-order valence-corrected chi connectivity index (χ0v) is 18.2. The maximum absolute atomic E-state index is 12.2. The SMILES string of the molecule is CCCCCCOc1ccc(C(=O)NNC(=O)COc2ccc3c(c2)CCC(=O)N3)cc1. The Morgan fingerprint density at radius 3 is 2.50 bits per heavy atom. The summed E-state index contributed by atoms with van der Waals surface area (Å²) in [7, 11) is 0. The van der Waals surface area contributed by atoms with Gasteiger partial charge in [0.1, 0.15) is 11.5 Å². The van der Waals surface area contributed by atoms with Gasteiger partial charge in [-0.1, -0.05) is 26.2 Å². The van der Waals surface area contributed by atoms with Gasteiger partial charge in [-0.15, -0.1) is 0 Å². The number of ether oxygens (including phenoxy) is 2. The lowest BCUT2D eigenvalue weighted by Gasteiger charge is -2.17. The van der Waals surface area contributed by atoms with E-state index in [2.05, 4.69) is 23.1 Å². The molecule has 0 atom stereocenters. The molecule has 0 fully saturated rings. The van der Waals surface area contributed by atoms with Crippen LogP contribution < -0.4 is 25.6 Å². The van der Waals surface area contributed by atoms with Gasteiger partial charge in [0.05, 0.1) is 6.61 Å². The van der Waals surface area contributed by atoms with Crippen LogP contribution in [0.2, 0.25) is 0 Å². The van der Waals surface area contributed by atoms with Crippen molar-refractivity contribution >= 4 is 23.4 Å². The van der Waals surface area contributed by atoms with Crippen molar-refractivity contribution in [3.8, 4) is 11.5 Å². The first-order chi connectivity index (χ1) is 15.5. The smallest absolute Gasteiger partial charge is 0.276 e. The van der Waals surface area contributed by atoms with Crippen molar-refractivity contribution in [1.82, 2.24) is 10.9 Å². The fraction of sp³-hybridized carbons (Fsp3) is 0.375. The van der Waals surface area contributed by atoms with Crippen LogP contribution in [0.15, 0.2) is 42.5 Å². The molecule has 0 radical (unpaired) electrons. The fourth-order valence-electron chi connectivity index (χ4n) is 3.25. The topological polar surface area (TPSA) is 106 Å². The minimum absolute atomic E-state index is 0.00846. The van der Waals surface area contributed by atoms with Gasteiger partial charge < -0.3 is 14.8 Å². The van der Waals surface area contributed by atoms with Crippen molar-refractivity contribution in [2.24, 2.45) is 0 Å². The van der Waals surface area contributed by atoms with Crippen molar-refractivity contribution < 1.29 is 23.9 Å². The first kappa shape index (κ1) is 23.1. The molecule has 0 aromatic heterocycles. The molecule has 3 rings (SSSR count). The monoisotopic (exact) mass is 439 g/mol. The van der Waals surface area contributed by atoms with E-state index in [0.29, 0.717) is 36.5 Å². The van der Waals surface area contributed by atoms with Gasteiger partial charge in [-0.25, -0.2) is 0 Å². The first-order valence-corrected chi connectivity index (χ1v) is 10.9. The summed E-state index contributed by atoms with van der Waals surface area (Å²) in [5, 5.41) is 2.79.